The molecule has 0 aromatic carbocycles. The van der Waals surface area contributed by atoms with Crippen molar-refractivity contribution in [2.24, 2.45) is 0 Å². The molecule has 0 unspecified atom stereocenters. The van der Waals surface area contributed by atoms with Gasteiger partial charge in [0.25, 0.3) is 0 Å². The second kappa shape index (κ2) is 4.08. The molecule has 15 heavy (non-hydrogen) atoms. The Balaban J connectivity index is 1.69. The Hall–Kier alpha value is -0.640. The molecule has 0 spiro atoms. The molecule has 1 aliphatic carbocycles. The van der Waals surface area contributed by atoms with Gasteiger partial charge in [0.05, 0.1) is 0 Å². The van der Waals surface area contributed by atoms with Gasteiger partial charge in [-0.1, -0.05) is 6.07 Å². The van der Waals surface area contributed by atoms with Gasteiger partial charge >= 0.3 is 0 Å². The van der Waals surface area contributed by atoms with Crippen LogP contribution >= 0.6 is 22.7 Å². The summed E-state index contributed by atoms with van der Waals surface area (Å²) in [5, 5.41) is 7.94. The largest absolute Gasteiger partial charge is 0.309 e. The van der Waals surface area contributed by atoms with Crippen LogP contribution in [0.3, 0.4) is 0 Å². The van der Waals surface area contributed by atoms with Gasteiger partial charge in [0.2, 0.25) is 0 Å². The third kappa shape index (κ3) is 2.30. The van der Waals surface area contributed by atoms with Gasteiger partial charge in [-0.25, -0.2) is 0 Å². The van der Waals surface area contributed by atoms with Gasteiger partial charge in [-0.3, -0.25) is 0 Å². The Morgan fingerprint density at radius 3 is 3.00 bits per heavy atom. The average Bonchev–Trinajstić information content (AvgIpc) is 2.78. The van der Waals surface area contributed by atoms with Crippen molar-refractivity contribution < 1.29 is 0 Å². The molecule has 2 aromatic rings. The summed E-state index contributed by atoms with van der Waals surface area (Å²) < 4.78 is 0. The Bertz CT molecular complexity index is 426. The van der Waals surface area contributed by atoms with Crippen LogP contribution in [0.1, 0.15) is 17.7 Å². The predicted molar refractivity (Wildman–Crippen MR) is 67.5 cm³/mol. The summed E-state index contributed by atoms with van der Waals surface area (Å²) in [6, 6.07) is 7.41. The van der Waals surface area contributed by atoms with Crippen LogP contribution in [0.2, 0.25) is 0 Å². The van der Waals surface area contributed by atoms with Crippen molar-refractivity contribution >= 4 is 22.7 Å². The Morgan fingerprint density at radius 1 is 1.33 bits per heavy atom. The second-order valence-corrected chi connectivity index (χ2v) is 5.88. The van der Waals surface area contributed by atoms with Crippen molar-refractivity contribution in [2.75, 3.05) is 0 Å². The van der Waals surface area contributed by atoms with Crippen molar-refractivity contribution in [3.05, 3.63) is 33.8 Å². The monoisotopic (exact) mass is 235 g/mol. The molecule has 0 amide bonds. The zero-order chi connectivity index (χ0) is 10.1. The fourth-order valence-corrected chi connectivity index (χ4v) is 3.20. The topological polar surface area (TPSA) is 12.0 Å². The predicted octanol–water partition coefficient (Wildman–Crippen LogP) is 3.73. The lowest BCUT2D eigenvalue weighted by Crippen LogP contribution is -2.14. The van der Waals surface area contributed by atoms with E-state index in [9.17, 15) is 0 Å². The van der Waals surface area contributed by atoms with Gasteiger partial charge in [-0.2, -0.15) is 0 Å². The van der Waals surface area contributed by atoms with E-state index >= 15 is 0 Å². The first-order valence-electron chi connectivity index (χ1n) is 5.26. The molecule has 1 nitrogen and oxygen atoms in total. The highest BCUT2D eigenvalue weighted by molar-refractivity contribution is 7.14. The molecule has 1 fully saturated rings. The van der Waals surface area contributed by atoms with Crippen molar-refractivity contribution in [1.82, 2.24) is 5.32 Å². The smallest absolute Gasteiger partial charge is 0.0351 e. The van der Waals surface area contributed by atoms with Crippen LogP contribution in [0, 0.1) is 0 Å². The van der Waals surface area contributed by atoms with E-state index in [2.05, 4.69) is 34.3 Å². The van der Waals surface area contributed by atoms with Crippen molar-refractivity contribution in [2.45, 2.75) is 25.4 Å². The number of nitrogens with one attached hydrogen (secondary N) is 1. The lowest BCUT2D eigenvalue weighted by molar-refractivity contribution is 0.695. The first kappa shape index (κ1) is 9.58. The number of hydrogen-bond acceptors (Lipinski definition) is 3. The van der Waals surface area contributed by atoms with E-state index < -0.39 is 0 Å². The van der Waals surface area contributed by atoms with E-state index in [1.54, 1.807) is 0 Å². The summed E-state index contributed by atoms with van der Waals surface area (Å²) in [7, 11) is 0. The fraction of sp³-hybridized carbons (Fsp3) is 0.333. The average molecular weight is 235 g/mol. The van der Waals surface area contributed by atoms with Crippen LogP contribution in [0.4, 0.5) is 0 Å². The normalized spacial score (nSPS) is 15.7. The van der Waals surface area contributed by atoms with Gasteiger partial charge in [-0.15, -0.1) is 22.7 Å². The zero-order valence-electron chi connectivity index (χ0n) is 8.40. The molecular weight excluding hydrogens is 222 g/mol. The van der Waals surface area contributed by atoms with Crippen LogP contribution in [0.5, 0.6) is 0 Å². The maximum Gasteiger partial charge on any atom is 0.0351 e. The van der Waals surface area contributed by atoms with E-state index in [1.807, 2.05) is 22.7 Å². The van der Waals surface area contributed by atoms with Crippen LogP contribution in [-0.4, -0.2) is 6.04 Å². The number of rotatable bonds is 4. The first-order valence-corrected chi connectivity index (χ1v) is 7.02. The molecule has 0 atom stereocenters. The third-order valence-corrected chi connectivity index (χ3v) is 4.46. The Labute approximate surface area is 97.8 Å². The van der Waals surface area contributed by atoms with E-state index in [0.29, 0.717) is 0 Å². The minimum atomic E-state index is 0.803. The summed E-state index contributed by atoms with van der Waals surface area (Å²) in [5.41, 5.74) is 1.38. The van der Waals surface area contributed by atoms with Gasteiger partial charge < -0.3 is 5.32 Å². The quantitative estimate of drug-likeness (QED) is 0.851. The molecule has 0 saturated heterocycles. The second-order valence-electron chi connectivity index (χ2n) is 3.93. The first-order chi connectivity index (χ1) is 7.42. The fourth-order valence-electron chi connectivity index (χ4n) is 1.58. The molecule has 1 aliphatic rings. The summed E-state index contributed by atoms with van der Waals surface area (Å²) >= 11 is 3.67. The molecule has 3 heteroatoms. The number of hydrogen-bond donors (Lipinski definition) is 1. The molecule has 0 aliphatic heterocycles. The Kier molecular flexibility index (Phi) is 2.61. The SMILES string of the molecule is c1csc(-c2csc(CNC3CC3)c2)c1. The van der Waals surface area contributed by atoms with Gasteiger partial charge in [-0.05, 0) is 35.7 Å². The summed E-state index contributed by atoms with van der Waals surface area (Å²) in [4.78, 5) is 2.83. The maximum atomic E-state index is 3.55. The third-order valence-electron chi connectivity index (χ3n) is 2.60. The molecule has 0 bridgehead atoms. The minimum absolute atomic E-state index is 0.803. The van der Waals surface area contributed by atoms with E-state index in [-0.39, 0.29) is 0 Å². The summed E-state index contributed by atoms with van der Waals surface area (Å²) in [6.45, 7) is 1.04. The highest BCUT2D eigenvalue weighted by Gasteiger charge is 2.20. The van der Waals surface area contributed by atoms with Crippen LogP contribution in [0.25, 0.3) is 10.4 Å². The molecule has 1 saturated carbocycles. The molecule has 0 radical (unpaired) electrons. The highest BCUT2D eigenvalue weighted by atomic mass is 32.1. The van der Waals surface area contributed by atoms with E-state index in [1.165, 1.54) is 28.2 Å². The molecular formula is C12H13NS2. The van der Waals surface area contributed by atoms with Crippen molar-refractivity contribution in [1.29, 1.82) is 0 Å². The molecule has 1 N–H and O–H groups in total. The molecule has 3 rings (SSSR count). The van der Waals surface area contributed by atoms with Gasteiger partial charge in [0.1, 0.15) is 0 Å². The Morgan fingerprint density at radius 2 is 2.27 bits per heavy atom. The zero-order valence-corrected chi connectivity index (χ0v) is 10.0. The highest BCUT2D eigenvalue weighted by Crippen LogP contribution is 2.29. The molecule has 2 heterocycles. The van der Waals surface area contributed by atoms with Crippen LogP contribution < -0.4 is 5.32 Å². The summed E-state index contributed by atoms with van der Waals surface area (Å²) in [6.07, 6.45) is 2.73. The molecule has 78 valence electrons. The van der Waals surface area contributed by atoms with E-state index in [0.717, 1.165) is 12.6 Å². The van der Waals surface area contributed by atoms with Crippen LogP contribution in [0.15, 0.2) is 29.0 Å². The van der Waals surface area contributed by atoms with Crippen molar-refractivity contribution in [3.63, 3.8) is 0 Å². The van der Waals surface area contributed by atoms with Crippen LogP contribution in [-0.2, 0) is 6.54 Å². The number of thiophene rings is 2. The summed E-state index contributed by atoms with van der Waals surface area (Å²) in [5.74, 6) is 0. The maximum absolute atomic E-state index is 3.55. The molecule has 2 aromatic heterocycles. The van der Waals surface area contributed by atoms with E-state index in [4.69, 9.17) is 0 Å². The standard InChI is InChI=1S/C12H13NS2/c1-2-12(14-5-1)9-6-11(15-8-9)7-13-10-3-4-10/h1-2,5-6,8,10,13H,3-4,7H2. The van der Waals surface area contributed by atoms with Gasteiger partial charge in [0, 0.05) is 27.9 Å². The van der Waals surface area contributed by atoms with Crippen molar-refractivity contribution in [3.8, 4) is 10.4 Å². The lowest BCUT2D eigenvalue weighted by Gasteiger charge is -1.97. The van der Waals surface area contributed by atoms with Gasteiger partial charge in [0.15, 0.2) is 0 Å². The minimum Gasteiger partial charge on any atom is -0.309 e. The lowest BCUT2D eigenvalue weighted by atomic mass is 10.2.